The molecule has 4 aromatic rings. The first-order valence-corrected chi connectivity index (χ1v) is 11.2. The summed E-state index contributed by atoms with van der Waals surface area (Å²) in [5.74, 6) is -0.114. The quantitative estimate of drug-likeness (QED) is 0.343. The number of halogens is 3. The van der Waals surface area contributed by atoms with E-state index in [9.17, 15) is 9.18 Å². The molecule has 2 aromatic heterocycles. The summed E-state index contributed by atoms with van der Waals surface area (Å²) in [6, 6.07) is 16.7. The fourth-order valence-corrected chi connectivity index (χ4v) is 3.73. The van der Waals surface area contributed by atoms with Gasteiger partial charge in [-0.2, -0.15) is 5.10 Å². The first kappa shape index (κ1) is 23.7. The number of aryl methyl sites for hydroxylation is 1. The van der Waals surface area contributed by atoms with Gasteiger partial charge in [-0.25, -0.2) is 4.39 Å². The van der Waals surface area contributed by atoms with Crippen molar-refractivity contribution in [3.8, 4) is 5.75 Å². The number of aromatic nitrogens is 3. The van der Waals surface area contributed by atoms with Gasteiger partial charge in [0.05, 0.1) is 23.8 Å². The Labute approximate surface area is 206 Å². The number of amides is 1. The Morgan fingerprint density at radius 2 is 1.94 bits per heavy atom. The van der Waals surface area contributed by atoms with Gasteiger partial charge in [-0.05, 0) is 55.5 Å². The molecule has 0 aliphatic carbocycles. The maximum atomic E-state index is 13.3. The largest absolute Gasteiger partial charge is 0.488 e. The predicted octanol–water partition coefficient (Wildman–Crippen LogP) is 5.59. The van der Waals surface area contributed by atoms with Crippen LogP contribution in [0.4, 0.5) is 4.39 Å². The topological polar surface area (TPSA) is 69.0 Å². The lowest BCUT2D eigenvalue weighted by atomic mass is 10.2. The fourth-order valence-electron chi connectivity index (χ4n) is 3.31. The molecule has 0 aliphatic rings. The Balaban J connectivity index is 1.47. The number of pyridine rings is 1. The molecule has 2 heterocycles. The van der Waals surface area contributed by atoms with Crippen molar-refractivity contribution in [3.63, 3.8) is 0 Å². The number of hydrogen-bond acceptors (Lipinski definition) is 4. The fraction of sp³-hybridized carbons (Fsp3) is 0.160. The van der Waals surface area contributed by atoms with Crippen molar-refractivity contribution >= 4 is 29.1 Å². The van der Waals surface area contributed by atoms with Crippen LogP contribution in [-0.4, -0.2) is 20.7 Å². The number of carbonyl (C=O) groups is 1. The van der Waals surface area contributed by atoms with E-state index in [1.165, 1.54) is 12.1 Å². The van der Waals surface area contributed by atoms with E-state index in [0.29, 0.717) is 40.1 Å². The Morgan fingerprint density at radius 1 is 1.09 bits per heavy atom. The lowest BCUT2D eigenvalue weighted by Gasteiger charge is -2.14. The summed E-state index contributed by atoms with van der Waals surface area (Å²) < 4.78 is 21.0. The van der Waals surface area contributed by atoms with Gasteiger partial charge in [-0.15, -0.1) is 0 Å². The number of nitrogens with one attached hydrogen (secondary N) is 1. The van der Waals surface area contributed by atoms with Gasteiger partial charge in [0.25, 0.3) is 5.91 Å². The summed E-state index contributed by atoms with van der Waals surface area (Å²) in [5.41, 5.74) is 3.30. The predicted molar refractivity (Wildman–Crippen MR) is 129 cm³/mol. The van der Waals surface area contributed by atoms with Crippen LogP contribution in [0, 0.1) is 12.7 Å². The molecule has 0 unspecified atom stereocenters. The van der Waals surface area contributed by atoms with E-state index in [1.807, 2.05) is 25.1 Å². The molecule has 34 heavy (non-hydrogen) atoms. The van der Waals surface area contributed by atoms with Crippen LogP contribution >= 0.6 is 23.2 Å². The van der Waals surface area contributed by atoms with E-state index in [0.717, 1.165) is 17.0 Å². The second kappa shape index (κ2) is 10.7. The van der Waals surface area contributed by atoms with E-state index >= 15 is 0 Å². The molecular weight excluding hydrogens is 478 g/mol. The smallest absolute Gasteiger partial charge is 0.272 e. The van der Waals surface area contributed by atoms with Gasteiger partial charge in [0.2, 0.25) is 0 Å². The van der Waals surface area contributed by atoms with Crippen LogP contribution in [0.15, 0.2) is 66.9 Å². The highest BCUT2D eigenvalue weighted by Crippen LogP contribution is 2.26. The number of carbonyl (C=O) groups excluding carboxylic acids is 1. The molecule has 0 radical (unpaired) electrons. The number of benzene rings is 2. The van der Waals surface area contributed by atoms with Gasteiger partial charge < -0.3 is 10.1 Å². The van der Waals surface area contributed by atoms with Crippen LogP contribution in [0.25, 0.3) is 0 Å². The Hall–Kier alpha value is -3.42. The van der Waals surface area contributed by atoms with Gasteiger partial charge >= 0.3 is 0 Å². The van der Waals surface area contributed by atoms with E-state index in [-0.39, 0.29) is 12.5 Å². The van der Waals surface area contributed by atoms with Crippen LogP contribution < -0.4 is 10.1 Å². The summed E-state index contributed by atoms with van der Waals surface area (Å²) >= 11 is 12.3. The molecule has 0 aliphatic heterocycles. The number of rotatable bonds is 8. The van der Waals surface area contributed by atoms with Gasteiger partial charge in [-0.1, -0.05) is 35.3 Å². The third-order valence-corrected chi connectivity index (χ3v) is 5.70. The standard InChI is InChI=1S/C25H21Cl2FN4O2/c1-16-10-23(25(33)30-13-21-4-2-3-9-29-21)31-32(16)14-18-11-19(26)6-8-24(18)34-15-17-5-7-20(28)12-22(17)27/h2-12H,13-15H2,1H3,(H,30,33). The molecule has 0 spiro atoms. The molecule has 6 nitrogen and oxygen atoms in total. The van der Waals surface area contributed by atoms with E-state index in [2.05, 4.69) is 15.4 Å². The lowest BCUT2D eigenvalue weighted by molar-refractivity contribution is 0.0944. The van der Waals surface area contributed by atoms with Crippen LogP contribution in [0.2, 0.25) is 10.0 Å². The minimum atomic E-state index is -0.407. The normalized spacial score (nSPS) is 10.8. The summed E-state index contributed by atoms with van der Waals surface area (Å²) in [6.07, 6.45) is 1.68. The van der Waals surface area contributed by atoms with Gasteiger partial charge in [0.1, 0.15) is 23.9 Å². The van der Waals surface area contributed by atoms with Gasteiger partial charge in [0.15, 0.2) is 0 Å². The maximum Gasteiger partial charge on any atom is 0.272 e. The van der Waals surface area contributed by atoms with Crippen molar-refractivity contribution in [1.82, 2.24) is 20.1 Å². The molecule has 4 rings (SSSR count). The minimum Gasteiger partial charge on any atom is -0.488 e. The molecule has 9 heteroatoms. The molecule has 0 bridgehead atoms. The molecule has 1 N–H and O–H groups in total. The van der Waals surface area contributed by atoms with Crippen molar-refractivity contribution in [1.29, 1.82) is 0 Å². The summed E-state index contributed by atoms with van der Waals surface area (Å²) in [7, 11) is 0. The Bertz CT molecular complexity index is 1310. The molecule has 0 atom stereocenters. The number of hydrogen-bond donors (Lipinski definition) is 1. The van der Waals surface area contributed by atoms with Crippen molar-refractivity contribution in [2.24, 2.45) is 0 Å². The van der Waals surface area contributed by atoms with Crippen molar-refractivity contribution in [2.75, 3.05) is 0 Å². The van der Waals surface area contributed by atoms with Crippen molar-refractivity contribution in [3.05, 3.63) is 111 Å². The average Bonchev–Trinajstić information content (AvgIpc) is 3.19. The second-order valence-corrected chi connectivity index (χ2v) is 8.45. The SMILES string of the molecule is Cc1cc(C(=O)NCc2ccccn2)nn1Cc1cc(Cl)ccc1OCc1ccc(F)cc1Cl. The van der Waals surface area contributed by atoms with Gasteiger partial charge in [-0.3, -0.25) is 14.5 Å². The van der Waals surface area contributed by atoms with Crippen LogP contribution in [0.5, 0.6) is 5.75 Å². The molecule has 1 amide bonds. The van der Waals surface area contributed by atoms with E-state index in [4.69, 9.17) is 27.9 Å². The first-order chi connectivity index (χ1) is 16.4. The summed E-state index contributed by atoms with van der Waals surface area (Å²) in [6.45, 7) is 2.68. The second-order valence-electron chi connectivity index (χ2n) is 7.61. The molecule has 2 aromatic carbocycles. The molecular formula is C25H21Cl2FN4O2. The Kier molecular flexibility index (Phi) is 7.45. The van der Waals surface area contributed by atoms with Gasteiger partial charge in [0, 0.05) is 28.0 Å². The highest BCUT2D eigenvalue weighted by molar-refractivity contribution is 6.31. The third-order valence-electron chi connectivity index (χ3n) is 5.11. The zero-order chi connectivity index (χ0) is 24.1. The molecule has 0 saturated carbocycles. The third kappa shape index (κ3) is 5.92. The highest BCUT2D eigenvalue weighted by atomic mass is 35.5. The summed E-state index contributed by atoms with van der Waals surface area (Å²) in [4.78, 5) is 16.8. The molecule has 0 saturated heterocycles. The highest BCUT2D eigenvalue weighted by Gasteiger charge is 2.15. The molecule has 174 valence electrons. The van der Waals surface area contributed by atoms with Crippen LogP contribution in [0.1, 0.15) is 33.0 Å². The lowest BCUT2D eigenvalue weighted by Crippen LogP contribution is -2.24. The zero-order valence-corrected chi connectivity index (χ0v) is 19.8. The number of ether oxygens (including phenoxy) is 1. The zero-order valence-electron chi connectivity index (χ0n) is 18.3. The van der Waals surface area contributed by atoms with Crippen LogP contribution in [0.3, 0.4) is 0 Å². The monoisotopic (exact) mass is 498 g/mol. The van der Waals surface area contributed by atoms with E-state index < -0.39 is 5.82 Å². The number of nitrogens with zero attached hydrogens (tertiary/aromatic N) is 3. The van der Waals surface area contributed by atoms with Crippen molar-refractivity contribution < 1.29 is 13.9 Å². The average molecular weight is 499 g/mol. The van der Waals surface area contributed by atoms with Crippen molar-refractivity contribution in [2.45, 2.75) is 26.6 Å². The van der Waals surface area contributed by atoms with Crippen LogP contribution in [-0.2, 0) is 19.7 Å². The minimum absolute atomic E-state index is 0.160. The maximum absolute atomic E-state index is 13.3. The first-order valence-electron chi connectivity index (χ1n) is 10.5. The Morgan fingerprint density at radius 3 is 2.71 bits per heavy atom. The van der Waals surface area contributed by atoms with E-state index in [1.54, 1.807) is 41.2 Å². The molecule has 0 fully saturated rings. The summed E-state index contributed by atoms with van der Waals surface area (Å²) in [5, 5.41) is 8.11.